The third kappa shape index (κ3) is 2.50. The molecule has 0 radical (unpaired) electrons. The summed E-state index contributed by atoms with van der Waals surface area (Å²) in [4.78, 5) is 15.3. The summed E-state index contributed by atoms with van der Waals surface area (Å²) >= 11 is 0. The lowest BCUT2D eigenvalue weighted by molar-refractivity contribution is -0.128. The minimum Gasteiger partial charge on any atom is -0.393 e. The predicted molar refractivity (Wildman–Crippen MR) is 107 cm³/mol. The monoisotopic (exact) mass is 371 g/mol. The molecule has 5 rings (SSSR count). The number of carbonyl (C=O) groups excluding carboxylic acids is 1. The van der Waals surface area contributed by atoms with E-state index in [1.54, 1.807) is 11.1 Å². The van der Waals surface area contributed by atoms with Gasteiger partial charge in [0, 0.05) is 25.0 Å². The fourth-order valence-electron chi connectivity index (χ4n) is 8.60. The van der Waals surface area contributed by atoms with E-state index in [2.05, 4.69) is 25.7 Å². The second kappa shape index (κ2) is 5.92. The quantitative estimate of drug-likeness (QED) is 0.584. The molecule has 0 unspecified atom stereocenters. The van der Waals surface area contributed by atoms with E-state index < -0.39 is 0 Å². The highest BCUT2D eigenvalue weighted by Gasteiger charge is 2.63. The summed E-state index contributed by atoms with van der Waals surface area (Å²) in [7, 11) is 0. The van der Waals surface area contributed by atoms with E-state index in [0.717, 1.165) is 31.1 Å². The Morgan fingerprint density at radius 2 is 1.85 bits per heavy atom. The summed E-state index contributed by atoms with van der Waals surface area (Å²) in [5.41, 5.74) is 3.64. The van der Waals surface area contributed by atoms with Gasteiger partial charge >= 0.3 is 0 Å². The number of allylic oxidation sites excluding steroid dienone is 1. The molecular formula is C24H37NO2. The summed E-state index contributed by atoms with van der Waals surface area (Å²) < 4.78 is 0. The van der Waals surface area contributed by atoms with Crippen LogP contribution in [0.25, 0.3) is 0 Å². The zero-order valence-corrected chi connectivity index (χ0v) is 17.6. The zero-order valence-electron chi connectivity index (χ0n) is 17.6. The van der Waals surface area contributed by atoms with Gasteiger partial charge in [0.15, 0.2) is 0 Å². The van der Waals surface area contributed by atoms with Crippen LogP contribution in [0.15, 0.2) is 11.1 Å². The maximum Gasteiger partial charge on any atom is 0.135 e. The molecule has 1 aliphatic heterocycles. The molecule has 0 aromatic carbocycles. The van der Waals surface area contributed by atoms with E-state index in [1.807, 2.05) is 6.92 Å². The van der Waals surface area contributed by atoms with Crippen LogP contribution >= 0.6 is 0 Å². The number of Topliss-reactive ketones (excluding diaryl/α,β-unsaturated/α-hetero) is 1. The minimum absolute atomic E-state index is 0.131. The van der Waals surface area contributed by atoms with Crippen molar-refractivity contribution >= 4 is 5.78 Å². The number of hydrogen-bond acceptors (Lipinski definition) is 3. The minimum atomic E-state index is -0.131. The van der Waals surface area contributed by atoms with Crippen molar-refractivity contribution in [2.75, 3.05) is 13.1 Å². The predicted octanol–water partition coefficient (Wildman–Crippen LogP) is 4.20. The standard InChI is InChI=1S/C24H37NO2/c1-14-11-17-18(23(3)7-5-16(27)12-19(14)23)6-8-24(4)20(17)13-21(25-9-10-25)22(24)15(2)26/h16-18,20-22,27H,5-13H2,1-4H3/t16-,17+,18-,20-,21+,22-,23+,24-/m0/s1. The van der Waals surface area contributed by atoms with Crippen LogP contribution in [0.1, 0.15) is 72.6 Å². The number of ketones is 1. The molecule has 8 atom stereocenters. The van der Waals surface area contributed by atoms with Crippen LogP contribution in [-0.2, 0) is 4.79 Å². The zero-order chi connectivity index (χ0) is 19.1. The molecule has 3 saturated carbocycles. The highest BCUT2D eigenvalue weighted by Crippen LogP contribution is 2.67. The molecule has 0 amide bonds. The van der Waals surface area contributed by atoms with Crippen LogP contribution in [0.3, 0.4) is 0 Å². The number of hydrogen-bond donors (Lipinski definition) is 1. The highest BCUT2D eigenvalue weighted by atomic mass is 16.3. The van der Waals surface area contributed by atoms with Crippen LogP contribution < -0.4 is 0 Å². The summed E-state index contributed by atoms with van der Waals surface area (Å²) in [5.74, 6) is 2.86. The van der Waals surface area contributed by atoms with Crippen LogP contribution in [0.4, 0.5) is 0 Å². The van der Waals surface area contributed by atoms with Crippen molar-refractivity contribution in [1.82, 2.24) is 4.90 Å². The fraction of sp³-hybridized carbons (Fsp3) is 0.875. The molecule has 0 aromatic heterocycles. The molecule has 1 N–H and O–H groups in total. The van der Waals surface area contributed by atoms with Crippen molar-refractivity contribution in [2.45, 2.75) is 84.8 Å². The van der Waals surface area contributed by atoms with Gasteiger partial charge < -0.3 is 5.11 Å². The van der Waals surface area contributed by atoms with E-state index >= 15 is 0 Å². The van der Waals surface area contributed by atoms with Gasteiger partial charge in [0.05, 0.1) is 6.10 Å². The topological polar surface area (TPSA) is 40.3 Å². The third-order valence-electron chi connectivity index (χ3n) is 9.86. The molecule has 0 aromatic rings. The Morgan fingerprint density at radius 3 is 2.52 bits per heavy atom. The number of rotatable bonds is 2. The Bertz CT molecular complexity index is 694. The lowest BCUT2D eigenvalue weighted by Crippen LogP contribution is -2.51. The fourth-order valence-corrected chi connectivity index (χ4v) is 8.60. The summed E-state index contributed by atoms with van der Waals surface area (Å²) in [5, 5.41) is 10.3. The number of aliphatic hydroxyl groups is 1. The van der Waals surface area contributed by atoms with Crippen LogP contribution in [0.5, 0.6) is 0 Å². The largest absolute Gasteiger partial charge is 0.393 e. The number of aliphatic hydroxyl groups excluding tert-OH is 1. The van der Waals surface area contributed by atoms with Crippen LogP contribution in [0, 0.1) is 34.5 Å². The lowest BCUT2D eigenvalue weighted by Gasteiger charge is -2.58. The van der Waals surface area contributed by atoms with E-state index in [9.17, 15) is 9.90 Å². The molecule has 3 nitrogen and oxygen atoms in total. The first-order chi connectivity index (χ1) is 12.8. The molecule has 0 spiro atoms. The first kappa shape index (κ1) is 18.4. The van der Waals surface area contributed by atoms with E-state index in [-0.39, 0.29) is 22.9 Å². The Balaban J connectivity index is 1.53. The molecule has 5 aliphatic rings. The summed E-state index contributed by atoms with van der Waals surface area (Å²) in [6.07, 6.45) is 7.83. The molecule has 4 aliphatic carbocycles. The van der Waals surface area contributed by atoms with Gasteiger partial charge in [-0.15, -0.1) is 0 Å². The van der Waals surface area contributed by atoms with Crippen molar-refractivity contribution in [2.24, 2.45) is 34.5 Å². The Morgan fingerprint density at radius 1 is 1.11 bits per heavy atom. The second-order valence-corrected chi connectivity index (χ2v) is 11.1. The summed E-state index contributed by atoms with van der Waals surface area (Å²) in [6.45, 7) is 11.6. The Labute approximate surface area is 164 Å². The number of fused-ring (bicyclic) bond motifs is 5. The van der Waals surface area contributed by atoms with Gasteiger partial charge in [0.25, 0.3) is 0 Å². The van der Waals surface area contributed by atoms with Crippen molar-refractivity contribution in [3.63, 3.8) is 0 Å². The normalized spacial score (nSPS) is 52.2. The maximum atomic E-state index is 12.7. The molecule has 0 bridgehead atoms. The van der Waals surface area contributed by atoms with E-state index in [1.165, 1.54) is 38.8 Å². The SMILES string of the molecule is CC(=O)[C@H]1[C@H](N2CC2)C[C@H]2[C@@H]3CC(C)=C4C[C@@H](O)CC[C@]4(C)[C@H]3CC[C@@]21C. The van der Waals surface area contributed by atoms with Crippen molar-refractivity contribution in [3.8, 4) is 0 Å². The molecular weight excluding hydrogens is 334 g/mol. The average molecular weight is 372 g/mol. The van der Waals surface area contributed by atoms with E-state index in [4.69, 9.17) is 0 Å². The summed E-state index contributed by atoms with van der Waals surface area (Å²) in [6, 6.07) is 0.503. The first-order valence-corrected chi connectivity index (χ1v) is 11.4. The second-order valence-electron chi connectivity index (χ2n) is 11.1. The highest BCUT2D eigenvalue weighted by molar-refractivity contribution is 5.80. The van der Waals surface area contributed by atoms with Gasteiger partial charge in [-0.1, -0.05) is 25.0 Å². The van der Waals surface area contributed by atoms with Gasteiger partial charge in [0.2, 0.25) is 0 Å². The lowest BCUT2D eigenvalue weighted by atomic mass is 9.46. The van der Waals surface area contributed by atoms with Gasteiger partial charge in [-0.3, -0.25) is 9.69 Å². The first-order valence-electron chi connectivity index (χ1n) is 11.4. The van der Waals surface area contributed by atoms with Gasteiger partial charge in [-0.05, 0) is 87.4 Å². The average Bonchev–Trinajstić information content (AvgIpc) is 3.38. The molecule has 4 fully saturated rings. The van der Waals surface area contributed by atoms with Gasteiger partial charge in [-0.25, -0.2) is 0 Å². The third-order valence-corrected chi connectivity index (χ3v) is 9.86. The smallest absolute Gasteiger partial charge is 0.135 e. The maximum absolute atomic E-state index is 12.7. The van der Waals surface area contributed by atoms with Crippen molar-refractivity contribution < 1.29 is 9.90 Å². The molecule has 27 heavy (non-hydrogen) atoms. The number of nitrogens with zero attached hydrogens (tertiary/aromatic N) is 1. The van der Waals surface area contributed by atoms with Crippen molar-refractivity contribution in [1.29, 1.82) is 0 Å². The Kier molecular flexibility index (Phi) is 4.03. The van der Waals surface area contributed by atoms with Crippen LogP contribution in [-0.4, -0.2) is 41.0 Å². The Hall–Kier alpha value is -0.670. The van der Waals surface area contributed by atoms with E-state index in [0.29, 0.717) is 17.7 Å². The van der Waals surface area contributed by atoms with Crippen LogP contribution in [0.2, 0.25) is 0 Å². The molecule has 150 valence electrons. The molecule has 3 heteroatoms. The molecule has 1 saturated heterocycles. The van der Waals surface area contributed by atoms with Gasteiger partial charge in [-0.2, -0.15) is 0 Å². The number of carbonyl (C=O) groups is 1. The molecule has 1 heterocycles. The van der Waals surface area contributed by atoms with Gasteiger partial charge in [0.1, 0.15) is 5.78 Å². The van der Waals surface area contributed by atoms with Crippen molar-refractivity contribution in [3.05, 3.63) is 11.1 Å².